The maximum atomic E-state index is 12.1. The fourth-order valence-electron chi connectivity index (χ4n) is 2.46. The zero-order chi connectivity index (χ0) is 20.7. The Morgan fingerprint density at radius 2 is 1.46 bits per heavy atom. The van der Waals surface area contributed by atoms with E-state index in [1.807, 2.05) is 6.92 Å². The van der Waals surface area contributed by atoms with E-state index >= 15 is 0 Å². The topological polar surface area (TPSA) is 118 Å². The third kappa shape index (κ3) is 6.11. The van der Waals surface area contributed by atoms with Gasteiger partial charge >= 0.3 is 5.97 Å². The summed E-state index contributed by atoms with van der Waals surface area (Å²) in [4.78, 5) is 34.5. The van der Waals surface area contributed by atoms with E-state index in [9.17, 15) is 22.8 Å². The molecule has 2 aromatic rings. The van der Waals surface area contributed by atoms with Gasteiger partial charge in [0.05, 0.1) is 6.42 Å². The summed E-state index contributed by atoms with van der Waals surface area (Å²) in [6.07, 6.45) is 0.0387. The van der Waals surface area contributed by atoms with Crippen LogP contribution in [0.25, 0.3) is 0 Å². The SMILES string of the molecule is Cc1ccc(C(=O)S(=O)(=O)NCCc2ccc(C(=O)CCC(=O)O)cc2)cc1. The van der Waals surface area contributed by atoms with Crippen molar-refractivity contribution in [1.29, 1.82) is 0 Å². The summed E-state index contributed by atoms with van der Waals surface area (Å²) in [5, 5.41) is 7.63. The number of carboxylic acid groups (broad SMARTS) is 1. The smallest absolute Gasteiger partial charge is 0.303 e. The van der Waals surface area contributed by atoms with Gasteiger partial charge in [-0.15, -0.1) is 0 Å². The third-order valence-corrected chi connectivity index (χ3v) is 5.39. The Hall–Kier alpha value is -2.84. The molecule has 7 nitrogen and oxygen atoms in total. The van der Waals surface area contributed by atoms with Crippen LogP contribution in [0.1, 0.15) is 44.7 Å². The van der Waals surface area contributed by atoms with E-state index in [-0.39, 0.29) is 30.7 Å². The highest BCUT2D eigenvalue weighted by molar-refractivity contribution is 8.04. The predicted octanol–water partition coefficient (Wildman–Crippen LogP) is 2.34. The number of ketones is 1. The van der Waals surface area contributed by atoms with Crippen LogP contribution in [0.15, 0.2) is 48.5 Å². The summed E-state index contributed by atoms with van der Waals surface area (Å²) in [7, 11) is -4.13. The van der Waals surface area contributed by atoms with E-state index in [0.717, 1.165) is 11.1 Å². The minimum Gasteiger partial charge on any atom is -0.481 e. The van der Waals surface area contributed by atoms with Crippen LogP contribution in [0.2, 0.25) is 0 Å². The Bertz CT molecular complexity index is 963. The van der Waals surface area contributed by atoms with Gasteiger partial charge in [0.25, 0.3) is 15.1 Å². The summed E-state index contributed by atoms with van der Waals surface area (Å²) in [6, 6.07) is 12.8. The highest BCUT2D eigenvalue weighted by Crippen LogP contribution is 2.10. The number of carbonyl (C=O) groups is 3. The molecule has 0 fully saturated rings. The highest BCUT2D eigenvalue weighted by Gasteiger charge is 2.23. The molecule has 0 aliphatic heterocycles. The van der Waals surface area contributed by atoms with E-state index in [2.05, 4.69) is 4.72 Å². The van der Waals surface area contributed by atoms with Gasteiger partial charge in [0.15, 0.2) is 5.78 Å². The number of hydrogen-bond acceptors (Lipinski definition) is 5. The summed E-state index contributed by atoms with van der Waals surface area (Å²) >= 11 is 0. The first kappa shape index (κ1) is 21.5. The second-order valence-electron chi connectivity index (χ2n) is 6.32. The second kappa shape index (κ2) is 9.38. The maximum Gasteiger partial charge on any atom is 0.303 e. The molecule has 0 saturated carbocycles. The van der Waals surface area contributed by atoms with Crippen molar-refractivity contribution in [2.45, 2.75) is 26.2 Å². The van der Waals surface area contributed by atoms with E-state index in [4.69, 9.17) is 5.11 Å². The number of sulfonamides is 1. The van der Waals surface area contributed by atoms with Crippen molar-refractivity contribution in [2.24, 2.45) is 0 Å². The minimum absolute atomic E-state index is 0.0340. The van der Waals surface area contributed by atoms with Crippen LogP contribution in [0.4, 0.5) is 0 Å². The number of carbonyl (C=O) groups excluding carboxylic acids is 2. The van der Waals surface area contributed by atoms with Crippen molar-refractivity contribution in [3.63, 3.8) is 0 Å². The van der Waals surface area contributed by atoms with Crippen LogP contribution in [0.3, 0.4) is 0 Å². The lowest BCUT2D eigenvalue weighted by Gasteiger charge is -2.07. The average molecular weight is 403 g/mol. The maximum absolute atomic E-state index is 12.1. The van der Waals surface area contributed by atoms with E-state index in [1.165, 1.54) is 12.1 Å². The standard InChI is InChI=1S/C20H21NO6S/c1-14-2-6-17(7-3-14)20(25)28(26,27)21-13-12-15-4-8-16(9-5-15)18(22)10-11-19(23)24/h2-9,21H,10-13H2,1H3,(H,23,24). The van der Waals surface area contributed by atoms with Crippen molar-refractivity contribution in [3.05, 3.63) is 70.8 Å². The predicted molar refractivity (Wildman–Crippen MR) is 104 cm³/mol. The molecular weight excluding hydrogens is 382 g/mol. The molecule has 0 atom stereocenters. The van der Waals surface area contributed by atoms with Crippen molar-refractivity contribution >= 4 is 26.9 Å². The fraction of sp³-hybridized carbons (Fsp3) is 0.250. The molecule has 0 unspecified atom stereocenters. The molecule has 0 heterocycles. The molecule has 2 aromatic carbocycles. The van der Waals surface area contributed by atoms with Gasteiger partial charge in [-0.3, -0.25) is 14.4 Å². The molecule has 8 heteroatoms. The van der Waals surface area contributed by atoms with E-state index < -0.39 is 21.1 Å². The summed E-state index contributed by atoms with van der Waals surface area (Å²) in [6.45, 7) is 1.87. The number of aliphatic carboxylic acids is 1. The molecule has 0 aliphatic carbocycles. The van der Waals surface area contributed by atoms with Crippen LogP contribution in [0.5, 0.6) is 0 Å². The molecule has 0 spiro atoms. The Kier molecular flexibility index (Phi) is 7.19. The third-order valence-electron chi connectivity index (χ3n) is 4.08. The lowest BCUT2D eigenvalue weighted by molar-refractivity contribution is -0.136. The van der Waals surface area contributed by atoms with Gasteiger partial charge < -0.3 is 5.11 Å². The van der Waals surface area contributed by atoms with Crippen molar-refractivity contribution in [3.8, 4) is 0 Å². The Morgan fingerprint density at radius 3 is 2.04 bits per heavy atom. The van der Waals surface area contributed by atoms with Gasteiger partial charge in [0.1, 0.15) is 0 Å². The van der Waals surface area contributed by atoms with E-state index in [1.54, 1.807) is 36.4 Å². The Balaban J connectivity index is 1.89. The Morgan fingerprint density at radius 1 is 0.893 bits per heavy atom. The number of rotatable bonds is 9. The van der Waals surface area contributed by atoms with Gasteiger partial charge in [-0.1, -0.05) is 42.0 Å². The van der Waals surface area contributed by atoms with Crippen LogP contribution in [-0.4, -0.2) is 36.9 Å². The number of nitrogens with one attached hydrogen (secondary N) is 1. The first-order valence-electron chi connectivity index (χ1n) is 8.63. The molecule has 0 aromatic heterocycles. The quantitative estimate of drug-likeness (QED) is 0.621. The molecule has 0 aliphatic rings. The van der Waals surface area contributed by atoms with Crippen LogP contribution >= 0.6 is 0 Å². The summed E-state index contributed by atoms with van der Waals surface area (Å²) < 4.78 is 26.5. The van der Waals surface area contributed by atoms with Gasteiger partial charge in [0, 0.05) is 24.1 Å². The van der Waals surface area contributed by atoms with Crippen molar-refractivity contribution in [1.82, 2.24) is 4.72 Å². The fourth-order valence-corrected chi connectivity index (χ4v) is 3.41. The van der Waals surface area contributed by atoms with Crippen LogP contribution in [-0.2, 0) is 21.2 Å². The van der Waals surface area contributed by atoms with Gasteiger partial charge in [-0.25, -0.2) is 13.1 Å². The van der Waals surface area contributed by atoms with Gasteiger partial charge in [-0.2, -0.15) is 0 Å². The molecule has 0 radical (unpaired) electrons. The lowest BCUT2D eigenvalue weighted by Crippen LogP contribution is -2.32. The molecule has 148 valence electrons. The highest BCUT2D eigenvalue weighted by atomic mass is 32.2. The van der Waals surface area contributed by atoms with Crippen molar-refractivity contribution in [2.75, 3.05) is 6.54 Å². The average Bonchev–Trinajstić information content (AvgIpc) is 2.66. The summed E-state index contributed by atoms with van der Waals surface area (Å²) in [5.41, 5.74) is 2.20. The summed E-state index contributed by atoms with van der Waals surface area (Å²) in [5.74, 6) is -1.30. The normalized spacial score (nSPS) is 11.2. The van der Waals surface area contributed by atoms with Gasteiger partial charge in [0.2, 0.25) is 0 Å². The van der Waals surface area contributed by atoms with Crippen LogP contribution < -0.4 is 4.72 Å². The lowest BCUT2D eigenvalue weighted by atomic mass is 10.0. The number of benzene rings is 2. The molecule has 28 heavy (non-hydrogen) atoms. The first-order valence-corrected chi connectivity index (χ1v) is 10.1. The first-order chi connectivity index (χ1) is 13.2. The van der Waals surface area contributed by atoms with Gasteiger partial charge in [-0.05, 0) is 31.0 Å². The number of aryl methyl sites for hydroxylation is 1. The monoisotopic (exact) mass is 403 g/mol. The van der Waals surface area contributed by atoms with Crippen molar-refractivity contribution < 1.29 is 27.9 Å². The zero-order valence-corrected chi connectivity index (χ0v) is 16.2. The zero-order valence-electron chi connectivity index (χ0n) is 15.3. The number of hydrogen-bond donors (Lipinski definition) is 2. The molecule has 2 rings (SSSR count). The number of Topliss-reactive ketones (excluding diaryl/α,β-unsaturated/α-hetero) is 1. The number of carboxylic acids is 1. The Labute approximate surface area is 163 Å². The largest absolute Gasteiger partial charge is 0.481 e. The molecular formula is C20H21NO6S. The van der Waals surface area contributed by atoms with E-state index in [0.29, 0.717) is 12.0 Å². The molecule has 0 amide bonds. The second-order valence-corrected chi connectivity index (χ2v) is 7.98. The van der Waals surface area contributed by atoms with Crippen LogP contribution in [0, 0.1) is 6.92 Å². The molecule has 2 N–H and O–H groups in total. The molecule has 0 bridgehead atoms. The molecule has 0 saturated heterocycles. The minimum atomic E-state index is -4.13.